The topological polar surface area (TPSA) is 121 Å². The molecular weight excluding hydrogens is 556 g/mol. The van der Waals surface area contributed by atoms with Gasteiger partial charge in [0, 0.05) is 25.2 Å². The number of benzene rings is 3. The number of carbonyl (C=O) groups excluding carboxylic acids is 2. The van der Waals surface area contributed by atoms with E-state index in [9.17, 15) is 14.4 Å². The molecule has 0 aliphatic carbocycles. The number of methoxy groups -OCH3 is 2. The Balaban J connectivity index is 1.38. The number of rotatable bonds is 14. The van der Waals surface area contributed by atoms with Crippen molar-refractivity contribution in [2.45, 2.75) is 31.5 Å². The van der Waals surface area contributed by atoms with E-state index in [0.717, 1.165) is 23.1 Å². The van der Waals surface area contributed by atoms with Gasteiger partial charge in [-0.05, 0) is 67.4 Å². The number of nitrogens with zero attached hydrogens (tertiary/aromatic N) is 2. The maximum absolute atomic E-state index is 13.3. The van der Waals surface area contributed by atoms with Gasteiger partial charge in [-0.25, -0.2) is 4.98 Å². The summed E-state index contributed by atoms with van der Waals surface area (Å²) >= 11 is 1.15. The summed E-state index contributed by atoms with van der Waals surface area (Å²) < 4.78 is 17.5. The van der Waals surface area contributed by atoms with Crippen LogP contribution in [0.4, 0.5) is 5.69 Å². The molecule has 4 rings (SSSR count). The third kappa shape index (κ3) is 8.03. The largest absolute Gasteiger partial charge is 0.494 e. The average Bonchev–Trinajstić information content (AvgIpc) is 3.00. The molecule has 42 heavy (non-hydrogen) atoms. The number of thioether (sulfide) groups is 1. The van der Waals surface area contributed by atoms with Crippen molar-refractivity contribution >= 4 is 40.2 Å². The zero-order valence-electron chi connectivity index (χ0n) is 23.8. The number of ether oxygens (including phenoxy) is 3. The van der Waals surface area contributed by atoms with Gasteiger partial charge in [-0.15, -0.1) is 0 Å². The van der Waals surface area contributed by atoms with Crippen LogP contribution in [0.1, 0.15) is 18.9 Å². The van der Waals surface area contributed by atoms with Gasteiger partial charge in [0.05, 0.1) is 37.5 Å². The Morgan fingerprint density at radius 1 is 0.952 bits per heavy atom. The van der Waals surface area contributed by atoms with E-state index >= 15 is 0 Å². The van der Waals surface area contributed by atoms with Crippen LogP contribution in [0.15, 0.2) is 76.7 Å². The molecule has 0 unspecified atom stereocenters. The van der Waals surface area contributed by atoms with Crippen LogP contribution in [-0.2, 0) is 22.6 Å². The van der Waals surface area contributed by atoms with Crippen molar-refractivity contribution in [3.05, 3.63) is 82.6 Å². The zero-order valence-corrected chi connectivity index (χ0v) is 24.7. The highest BCUT2D eigenvalue weighted by Gasteiger charge is 2.15. The summed E-state index contributed by atoms with van der Waals surface area (Å²) in [4.78, 5) is 43.3. The van der Waals surface area contributed by atoms with E-state index in [0.29, 0.717) is 52.8 Å². The second kappa shape index (κ2) is 14.9. The van der Waals surface area contributed by atoms with Crippen molar-refractivity contribution in [1.82, 2.24) is 14.9 Å². The highest BCUT2D eigenvalue weighted by atomic mass is 32.2. The fourth-order valence-electron chi connectivity index (χ4n) is 4.27. The van der Waals surface area contributed by atoms with Crippen LogP contribution in [0.3, 0.4) is 0 Å². The molecule has 220 valence electrons. The summed E-state index contributed by atoms with van der Waals surface area (Å²) in [6, 6.07) is 19.8. The van der Waals surface area contributed by atoms with Crippen LogP contribution >= 0.6 is 11.8 Å². The fraction of sp³-hybridized carbons (Fsp3) is 0.290. The number of aromatic nitrogens is 2. The molecule has 0 fully saturated rings. The lowest BCUT2D eigenvalue weighted by atomic mass is 10.1. The first kappa shape index (κ1) is 30.4. The van der Waals surface area contributed by atoms with Crippen molar-refractivity contribution in [2.75, 3.05) is 38.4 Å². The smallest absolute Gasteiger partial charge is 0.262 e. The second-order valence-corrected chi connectivity index (χ2v) is 10.1. The molecule has 0 atom stereocenters. The first-order valence-electron chi connectivity index (χ1n) is 13.5. The van der Waals surface area contributed by atoms with Gasteiger partial charge in [0.25, 0.3) is 5.56 Å². The molecule has 10 nitrogen and oxygen atoms in total. The zero-order chi connectivity index (χ0) is 29.9. The maximum atomic E-state index is 13.3. The lowest BCUT2D eigenvalue weighted by Gasteiger charge is -2.14. The number of anilines is 1. The highest BCUT2D eigenvalue weighted by molar-refractivity contribution is 7.99. The van der Waals surface area contributed by atoms with Crippen molar-refractivity contribution in [2.24, 2.45) is 0 Å². The minimum Gasteiger partial charge on any atom is -0.494 e. The predicted octanol–water partition coefficient (Wildman–Crippen LogP) is 4.29. The van der Waals surface area contributed by atoms with Gasteiger partial charge >= 0.3 is 0 Å². The van der Waals surface area contributed by atoms with Gasteiger partial charge in [0.2, 0.25) is 11.8 Å². The van der Waals surface area contributed by atoms with Crippen LogP contribution < -0.4 is 30.4 Å². The van der Waals surface area contributed by atoms with Crippen LogP contribution in [0.25, 0.3) is 10.9 Å². The number of hydrogen-bond donors (Lipinski definition) is 2. The molecule has 0 aliphatic rings. The second-order valence-electron chi connectivity index (χ2n) is 9.20. The van der Waals surface area contributed by atoms with E-state index < -0.39 is 0 Å². The minimum absolute atomic E-state index is 0.0372. The van der Waals surface area contributed by atoms with Gasteiger partial charge in [0.15, 0.2) is 16.7 Å². The fourth-order valence-corrected chi connectivity index (χ4v) is 5.09. The number of carbonyl (C=O) groups is 2. The van der Waals surface area contributed by atoms with Gasteiger partial charge in [0.1, 0.15) is 5.75 Å². The molecule has 3 aromatic carbocycles. The number of hydrogen-bond acceptors (Lipinski definition) is 8. The molecule has 0 saturated carbocycles. The summed E-state index contributed by atoms with van der Waals surface area (Å²) in [5, 5.41) is 6.58. The molecule has 4 aromatic rings. The lowest BCUT2D eigenvalue weighted by molar-refractivity contribution is -0.121. The van der Waals surface area contributed by atoms with Crippen molar-refractivity contribution in [1.29, 1.82) is 0 Å². The number of para-hydroxylation sites is 1. The summed E-state index contributed by atoms with van der Waals surface area (Å²) in [7, 11) is 3.16. The summed E-state index contributed by atoms with van der Waals surface area (Å²) in [5.74, 6) is 1.59. The van der Waals surface area contributed by atoms with Crippen LogP contribution in [0.5, 0.6) is 17.2 Å². The Bertz CT molecular complexity index is 1590. The van der Waals surface area contributed by atoms with Crippen LogP contribution in [-0.4, -0.2) is 54.5 Å². The molecule has 0 bridgehead atoms. The Morgan fingerprint density at radius 3 is 2.45 bits per heavy atom. The average molecular weight is 591 g/mol. The van der Waals surface area contributed by atoms with E-state index in [1.54, 1.807) is 62.8 Å². The Hall–Kier alpha value is -4.51. The third-order valence-electron chi connectivity index (χ3n) is 6.35. The maximum Gasteiger partial charge on any atom is 0.262 e. The quantitative estimate of drug-likeness (QED) is 0.165. The first-order valence-corrected chi connectivity index (χ1v) is 14.5. The molecular formula is C31H34N4O6S. The monoisotopic (exact) mass is 590 g/mol. The molecule has 11 heteroatoms. The summed E-state index contributed by atoms with van der Waals surface area (Å²) in [5.41, 5.74) is 1.91. The van der Waals surface area contributed by atoms with E-state index in [2.05, 4.69) is 15.6 Å². The Labute approximate surface area is 248 Å². The number of fused-ring (bicyclic) bond motifs is 1. The molecule has 2 N–H and O–H groups in total. The lowest BCUT2D eigenvalue weighted by Crippen LogP contribution is -2.30. The molecule has 1 aromatic heterocycles. The number of nitrogens with one attached hydrogen (secondary N) is 2. The summed E-state index contributed by atoms with van der Waals surface area (Å²) in [6.07, 6.45) is 0.686. The standard InChI is InChI=1S/C31H34N4O6S/c1-4-41-23-12-10-22(11-13-23)33-29(37)20-42-31-34-25-8-6-5-7-24(25)30(38)35(31)18-16-28(36)32-17-15-21-9-14-26(39-2)27(19-21)40-3/h5-14,19H,4,15-18,20H2,1-3H3,(H,32,36)(H,33,37). The molecule has 1 heterocycles. The first-order chi connectivity index (χ1) is 20.4. The highest BCUT2D eigenvalue weighted by Crippen LogP contribution is 2.27. The van der Waals surface area contributed by atoms with E-state index in [4.69, 9.17) is 14.2 Å². The van der Waals surface area contributed by atoms with Gasteiger partial charge in [-0.1, -0.05) is 30.0 Å². The molecule has 0 aliphatic heterocycles. The van der Waals surface area contributed by atoms with Crippen LogP contribution in [0, 0.1) is 0 Å². The SMILES string of the molecule is CCOc1ccc(NC(=O)CSc2nc3ccccc3c(=O)n2CCC(=O)NCCc2ccc(OC)c(OC)c2)cc1. The van der Waals surface area contributed by atoms with E-state index in [1.807, 2.05) is 25.1 Å². The third-order valence-corrected chi connectivity index (χ3v) is 7.33. The summed E-state index contributed by atoms with van der Waals surface area (Å²) in [6.45, 7) is 3.01. The van der Waals surface area contributed by atoms with Gasteiger partial charge in [-0.3, -0.25) is 19.0 Å². The van der Waals surface area contributed by atoms with Crippen molar-refractivity contribution in [3.63, 3.8) is 0 Å². The molecule has 0 radical (unpaired) electrons. The molecule has 2 amide bonds. The van der Waals surface area contributed by atoms with Crippen molar-refractivity contribution in [3.8, 4) is 17.2 Å². The Kier molecular flexibility index (Phi) is 10.8. The minimum atomic E-state index is -0.256. The van der Waals surface area contributed by atoms with Crippen molar-refractivity contribution < 1.29 is 23.8 Å². The van der Waals surface area contributed by atoms with Crippen LogP contribution in [0.2, 0.25) is 0 Å². The normalized spacial score (nSPS) is 10.7. The number of amides is 2. The van der Waals surface area contributed by atoms with Gasteiger partial charge < -0.3 is 24.8 Å². The van der Waals surface area contributed by atoms with E-state index in [1.165, 1.54) is 4.57 Å². The predicted molar refractivity (Wildman–Crippen MR) is 164 cm³/mol. The van der Waals surface area contributed by atoms with E-state index in [-0.39, 0.29) is 36.1 Å². The van der Waals surface area contributed by atoms with Gasteiger partial charge in [-0.2, -0.15) is 0 Å². The Morgan fingerprint density at radius 2 is 1.71 bits per heavy atom. The molecule has 0 saturated heterocycles. The molecule has 0 spiro atoms.